The van der Waals surface area contributed by atoms with Crippen LogP contribution in [0.2, 0.25) is 0 Å². The minimum atomic E-state index is -0.348. The van der Waals surface area contributed by atoms with E-state index in [4.69, 9.17) is 19.6 Å². The van der Waals surface area contributed by atoms with Crippen LogP contribution >= 0.6 is 0 Å². The van der Waals surface area contributed by atoms with E-state index in [9.17, 15) is 0 Å². The van der Waals surface area contributed by atoms with Crippen molar-refractivity contribution in [1.82, 2.24) is 0 Å². The molecular formula is C14H17NO3. The van der Waals surface area contributed by atoms with Gasteiger partial charge in [0.05, 0.1) is 20.3 Å². The van der Waals surface area contributed by atoms with Crippen molar-refractivity contribution < 1.29 is 13.9 Å². The Morgan fingerprint density at radius 2 is 1.89 bits per heavy atom. The lowest BCUT2D eigenvalue weighted by molar-refractivity contribution is 0.386. The number of benzene rings is 1. The zero-order valence-corrected chi connectivity index (χ0v) is 10.8. The van der Waals surface area contributed by atoms with Crippen LogP contribution in [-0.4, -0.2) is 14.2 Å². The van der Waals surface area contributed by atoms with Crippen LogP contribution < -0.4 is 15.2 Å². The molecule has 0 spiro atoms. The summed E-state index contributed by atoms with van der Waals surface area (Å²) in [7, 11) is 3.22. The average molecular weight is 247 g/mol. The van der Waals surface area contributed by atoms with Crippen LogP contribution in [0.5, 0.6) is 11.5 Å². The molecule has 96 valence electrons. The molecule has 1 unspecified atom stereocenters. The molecule has 2 aromatic rings. The molecule has 1 heterocycles. The molecule has 18 heavy (non-hydrogen) atoms. The van der Waals surface area contributed by atoms with Crippen LogP contribution in [0.1, 0.15) is 23.1 Å². The maximum absolute atomic E-state index is 6.18. The fourth-order valence-corrected chi connectivity index (χ4v) is 1.85. The second-order valence-corrected chi connectivity index (χ2v) is 4.03. The molecule has 0 aliphatic carbocycles. The number of nitrogens with two attached hydrogens (primary N) is 1. The molecule has 0 aliphatic heterocycles. The third-order valence-electron chi connectivity index (χ3n) is 2.84. The summed E-state index contributed by atoms with van der Waals surface area (Å²) in [6.45, 7) is 1.89. The Balaban J connectivity index is 2.38. The van der Waals surface area contributed by atoms with Gasteiger partial charge in [0.25, 0.3) is 0 Å². The summed E-state index contributed by atoms with van der Waals surface area (Å²) in [5, 5.41) is 0. The van der Waals surface area contributed by atoms with Gasteiger partial charge in [-0.25, -0.2) is 0 Å². The maximum atomic E-state index is 6.18. The van der Waals surface area contributed by atoms with E-state index in [2.05, 4.69) is 0 Å². The summed E-state index contributed by atoms with van der Waals surface area (Å²) in [6.07, 6.45) is 0. The molecule has 1 aromatic carbocycles. The zero-order chi connectivity index (χ0) is 13.1. The SMILES string of the molecule is COc1ccc(C(N)c2ccc(C)o2)c(OC)c1. The van der Waals surface area contributed by atoms with Gasteiger partial charge < -0.3 is 19.6 Å². The summed E-state index contributed by atoms with van der Waals surface area (Å²) in [5.74, 6) is 2.98. The molecule has 0 amide bonds. The van der Waals surface area contributed by atoms with Gasteiger partial charge >= 0.3 is 0 Å². The zero-order valence-electron chi connectivity index (χ0n) is 10.8. The van der Waals surface area contributed by atoms with Crippen molar-refractivity contribution in [1.29, 1.82) is 0 Å². The highest BCUT2D eigenvalue weighted by atomic mass is 16.5. The first-order valence-corrected chi connectivity index (χ1v) is 5.69. The summed E-state index contributed by atoms with van der Waals surface area (Å²) < 4.78 is 16.0. The highest BCUT2D eigenvalue weighted by molar-refractivity contribution is 5.44. The largest absolute Gasteiger partial charge is 0.497 e. The monoisotopic (exact) mass is 247 g/mol. The first-order valence-electron chi connectivity index (χ1n) is 5.69. The predicted octanol–water partition coefficient (Wildman–Crippen LogP) is 2.65. The number of aryl methyl sites for hydroxylation is 1. The van der Waals surface area contributed by atoms with Gasteiger partial charge in [-0.3, -0.25) is 0 Å². The summed E-state index contributed by atoms with van der Waals surface area (Å²) in [6, 6.07) is 8.98. The molecule has 1 aromatic heterocycles. The minimum absolute atomic E-state index is 0.348. The topological polar surface area (TPSA) is 57.6 Å². The molecule has 0 aliphatic rings. The Labute approximate surface area is 106 Å². The van der Waals surface area contributed by atoms with Crippen molar-refractivity contribution in [2.24, 2.45) is 5.73 Å². The molecule has 0 saturated heterocycles. The van der Waals surface area contributed by atoms with E-state index in [-0.39, 0.29) is 6.04 Å². The Hall–Kier alpha value is -1.94. The van der Waals surface area contributed by atoms with Gasteiger partial charge in [-0.2, -0.15) is 0 Å². The van der Waals surface area contributed by atoms with Gasteiger partial charge in [-0.15, -0.1) is 0 Å². The second-order valence-electron chi connectivity index (χ2n) is 4.03. The van der Waals surface area contributed by atoms with E-state index < -0.39 is 0 Å². The van der Waals surface area contributed by atoms with Crippen LogP contribution in [0.4, 0.5) is 0 Å². The molecule has 2 rings (SSSR count). The maximum Gasteiger partial charge on any atom is 0.127 e. The van der Waals surface area contributed by atoms with E-state index in [0.29, 0.717) is 5.75 Å². The molecule has 4 nitrogen and oxygen atoms in total. The summed E-state index contributed by atoms with van der Waals surface area (Å²) in [4.78, 5) is 0. The first-order chi connectivity index (χ1) is 8.65. The van der Waals surface area contributed by atoms with Crippen LogP contribution in [0, 0.1) is 6.92 Å². The lowest BCUT2D eigenvalue weighted by atomic mass is 10.0. The van der Waals surface area contributed by atoms with Crippen LogP contribution in [0.25, 0.3) is 0 Å². The number of hydrogen-bond acceptors (Lipinski definition) is 4. The number of furan rings is 1. The molecule has 1 atom stereocenters. The Bertz CT molecular complexity index is 534. The standard InChI is InChI=1S/C14H17NO3/c1-9-4-7-12(18-9)14(15)11-6-5-10(16-2)8-13(11)17-3/h4-8,14H,15H2,1-3H3. The van der Waals surface area contributed by atoms with Gasteiger partial charge in [0.15, 0.2) is 0 Å². The van der Waals surface area contributed by atoms with Crippen LogP contribution in [-0.2, 0) is 0 Å². The van der Waals surface area contributed by atoms with E-state index in [1.54, 1.807) is 14.2 Å². The first kappa shape index (κ1) is 12.5. The molecule has 0 bridgehead atoms. The smallest absolute Gasteiger partial charge is 0.127 e. The van der Waals surface area contributed by atoms with Gasteiger partial charge in [0.1, 0.15) is 23.0 Å². The van der Waals surface area contributed by atoms with Crippen molar-refractivity contribution >= 4 is 0 Å². The van der Waals surface area contributed by atoms with Crippen molar-refractivity contribution in [2.75, 3.05) is 14.2 Å². The third-order valence-corrected chi connectivity index (χ3v) is 2.84. The van der Waals surface area contributed by atoms with Gasteiger partial charge in [0.2, 0.25) is 0 Å². The summed E-state index contributed by atoms with van der Waals surface area (Å²) in [5.41, 5.74) is 7.05. The summed E-state index contributed by atoms with van der Waals surface area (Å²) >= 11 is 0. The molecule has 4 heteroatoms. The van der Waals surface area contributed by atoms with Crippen molar-refractivity contribution in [2.45, 2.75) is 13.0 Å². The van der Waals surface area contributed by atoms with Crippen LogP contribution in [0.15, 0.2) is 34.7 Å². The molecule has 0 fully saturated rings. The molecular weight excluding hydrogens is 230 g/mol. The average Bonchev–Trinajstić information content (AvgIpc) is 2.83. The van der Waals surface area contributed by atoms with Gasteiger partial charge in [0, 0.05) is 11.6 Å². The van der Waals surface area contributed by atoms with Crippen molar-refractivity contribution in [3.63, 3.8) is 0 Å². The number of hydrogen-bond donors (Lipinski definition) is 1. The van der Waals surface area contributed by atoms with E-state index in [0.717, 1.165) is 22.8 Å². The van der Waals surface area contributed by atoms with E-state index >= 15 is 0 Å². The molecule has 0 saturated carbocycles. The number of ether oxygens (including phenoxy) is 2. The lowest BCUT2D eigenvalue weighted by Crippen LogP contribution is -2.12. The lowest BCUT2D eigenvalue weighted by Gasteiger charge is -2.14. The number of methoxy groups -OCH3 is 2. The third kappa shape index (κ3) is 2.33. The quantitative estimate of drug-likeness (QED) is 0.902. The van der Waals surface area contributed by atoms with E-state index in [1.807, 2.05) is 37.3 Å². The van der Waals surface area contributed by atoms with Crippen molar-refractivity contribution in [3.05, 3.63) is 47.4 Å². The second kappa shape index (κ2) is 5.14. The number of rotatable bonds is 4. The van der Waals surface area contributed by atoms with Crippen LogP contribution in [0.3, 0.4) is 0 Å². The Kier molecular flexibility index (Phi) is 3.58. The van der Waals surface area contributed by atoms with Gasteiger partial charge in [-0.05, 0) is 31.2 Å². The predicted molar refractivity (Wildman–Crippen MR) is 69.0 cm³/mol. The minimum Gasteiger partial charge on any atom is -0.497 e. The van der Waals surface area contributed by atoms with E-state index in [1.165, 1.54) is 0 Å². The Morgan fingerprint density at radius 1 is 1.11 bits per heavy atom. The molecule has 2 N–H and O–H groups in total. The van der Waals surface area contributed by atoms with Gasteiger partial charge in [-0.1, -0.05) is 0 Å². The highest BCUT2D eigenvalue weighted by Gasteiger charge is 2.17. The van der Waals surface area contributed by atoms with Crippen molar-refractivity contribution in [3.8, 4) is 11.5 Å². The highest BCUT2D eigenvalue weighted by Crippen LogP contribution is 2.32. The normalized spacial score (nSPS) is 12.2. The molecule has 0 radical (unpaired) electrons. The fraction of sp³-hybridized carbons (Fsp3) is 0.286. The Morgan fingerprint density at radius 3 is 2.44 bits per heavy atom. The fourth-order valence-electron chi connectivity index (χ4n) is 1.85.